The van der Waals surface area contributed by atoms with Crippen LogP contribution < -0.4 is 5.32 Å². The van der Waals surface area contributed by atoms with E-state index in [-0.39, 0.29) is 12.3 Å². The summed E-state index contributed by atoms with van der Waals surface area (Å²) in [5, 5.41) is 2.54. The third kappa shape index (κ3) is 4.80. The van der Waals surface area contributed by atoms with E-state index in [0.717, 1.165) is 10.6 Å². The van der Waals surface area contributed by atoms with E-state index in [1.165, 1.54) is 14.0 Å². The summed E-state index contributed by atoms with van der Waals surface area (Å²) in [6, 6.07) is 6.46. The minimum Gasteiger partial charge on any atom is -0.325 e. The van der Waals surface area contributed by atoms with Crippen molar-refractivity contribution < 1.29 is 18.0 Å². The Kier molecular flexibility index (Phi) is 4.79. The van der Waals surface area contributed by atoms with Gasteiger partial charge in [-0.25, -0.2) is 8.42 Å². The van der Waals surface area contributed by atoms with E-state index >= 15 is 0 Å². The predicted octanol–water partition coefficient (Wildman–Crippen LogP) is 0.719. The molecule has 0 saturated heterocycles. The number of anilines is 1. The van der Waals surface area contributed by atoms with Gasteiger partial charge in [-0.15, -0.1) is 0 Å². The quantitative estimate of drug-likeness (QED) is 0.807. The molecule has 7 heteroatoms. The van der Waals surface area contributed by atoms with Crippen LogP contribution in [0.25, 0.3) is 0 Å². The average molecular weight is 284 g/mol. The Bertz CT molecular complexity index is 596. The molecule has 0 fully saturated rings. The normalized spacial score (nSPS) is 11.4. The van der Waals surface area contributed by atoms with Crippen LogP contribution in [-0.4, -0.2) is 44.3 Å². The van der Waals surface area contributed by atoms with E-state index < -0.39 is 15.9 Å². The molecule has 0 radical (unpaired) electrons. The van der Waals surface area contributed by atoms with Crippen molar-refractivity contribution in [1.82, 2.24) is 4.31 Å². The lowest BCUT2D eigenvalue weighted by Gasteiger charge is -2.13. The highest BCUT2D eigenvalue weighted by Crippen LogP contribution is 2.11. The minimum absolute atomic E-state index is 0.107. The van der Waals surface area contributed by atoms with Gasteiger partial charge in [0.2, 0.25) is 15.9 Å². The Hall–Kier alpha value is -1.73. The van der Waals surface area contributed by atoms with E-state index in [1.807, 2.05) is 0 Å². The number of rotatable bonds is 5. The van der Waals surface area contributed by atoms with Crippen LogP contribution in [0.15, 0.2) is 24.3 Å². The molecule has 6 nitrogen and oxygen atoms in total. The fraction of sp³-hybridized carbons (Fsp3) is 0.333. The largest absolute Gasteiger partial charge is 0.325 e. The zero-order chi connectivity index (χ0) is 14.6. The minimum atomic E-state index is -3.39. The topological polar surface area (TPSA) is 83.6 Å². The highest BCUT2D eigenvalue weighted by atomic mass is 32.2. The number of Topliss-reactive ketones (excluding diaryl/α,β-unsaturated/α-hetero) is 1. The van der Waals surface area contributed by atoms with Crippen LogP contribution in [0.3, 0.4) is 0 Å². The van der Waals surface area contributed by atoms with Crippen molar-refractivity contribution in [1.29, 1.82) is 0 Å². The van der Waals surface area contributed by atoms with Crippen molar-refractivity contribution >= 4 is 27.4 Å². The summed E-state index contributed by atoms with van der Waals surface area (Å²) < 4.78 is 23.3. The number of carbonyl (C=O) groups excluding carboxylic acids is 2. The lowest BCUT2D eigenvalue weighted by molar-refractivity contribution is -0.116. The van der Waals surface area contributed by atoms with Gasteiger partial charge < -0.3 is 5.32 Å². The van der Waals surface area contributed by atoms with E-state index in [2.05, 4.69) is 5.32 Å². The van der Waals surface area contributed by atoms with Gasteiger partial charge in [0, 0.05) is 18.3 Å². The van der Waals surface area contributed by atoms with Crippen molar-refractivity contribution in [2.75, 3.05) is 25.2 Å². The number of hydrogen-bond donors (Lipinski definition) is 1. The molecule has 0 spiro atoms. The van der Waals surface area contributed by atoms with Gasteiger partial charge in [-0.05, 0) is 19.1 Å². The highest BCUT2D eigenvalue weighted by molar-refractivity contribution is 7.88. The molecule has 0 aliphatic carbocycles. The molecule has 0 unspecified atom stereocenters. The Morgan fingerprint density at radius 2 is 1.95 bits per heavy atom. The maximum absolute atomic E-state index is 11.6. The molecule has 1 aromatic rings. The summed E-state index contributed by atoms with van der Waals surface area (Å²) in [4.78, 5) is 22.8. The van der Waals surface area contributed by atoms with Crippen LogP contribution in [0.5, 0.6) is 0 Å². The molecular formula is C12H16N2O4S. The maximum Gasteiger partial charge on any atom is 0.239 e. The van der Waals surface area contributed by atoms with Gasteiger partial charge in [-0.3, -0.25) is 9.59 Å². The van der Waals surface area contributed by atoms with Gasteiger partial charge in [-0.2, -0.15) is 4.31 Å². The number of nitrogens with one attached hydrogen (secondary N) is 1. The molecule has 1 N–H and O–H groups in total. The van der Waals surface area contributed by atoms with E-state index in [4.69, 9.17) is 0 Å². The number of likely N-dealkylation sites (N-methyl/N-ethyl adjacent to an activating group) is 1. The lowest BCUT2D eigenvalue weighted by Crippen LogP contribution is -2.34. The standard InChI is InChI=1S/C12H16N2O4S/c1-9(15)10-5-4-6-11(7-10)13-12(16)8-14(2)19(3,17)18/h4-7H,8H2,1-3H3,(H,13,16). The first-order chi connectivity index (χ1) is 8.70. The van der Waals surface area contributed by atoms with Gasteiger partial charge >= 0.3 is 0 Å². The molecule has 1 rings (SSSR count). The fourth-order valence-electron chi connectivity index (χ4n) is 1.34. The monoisotopic (exact) mass is 284 g/mol. The number of nitrogens with zero attached hydrogens (tertiary/aromatic N) is 1. The molecular weight excluding hydrogens is 268 g/mol. The number of amides is 1. The van der Waals surface area contributed by atoms with Gasteiger partial charge in [-0.1, -0.05) is 12.1 Å². The molecule has 1 amide bonds. The number of sulfonamides is 1. The summed E-state index contributed by atoms with van der Waals surface area (Å²) >= 11 is 0. The average Bonchev–Trinajstić information content (AvgIpc) is 2.27. The van der Waals surface area contributed by atoms with Crippen molar-refractivity contribution in [2.45, 2.75) is 6.92 Å². The third-order valence-corrected chi connectivity index (χ3v) is 3.75. The Balaban J connectivity index is 2.73. The third-order valence-electron chi connectivity index (χ3n) is 2.49. The molecule has 0 heterocycles. The van der Waals surface area contributed by atoms with Gasteiger partial charge in [0.1, 0.15) is 0 Å². The number of hydrogen-bond acceptors (Lipinski definition) is 4. The second kappa shape index (κ2) is 5.94. The number of ketones is 1. The van der Waals surface area contributed by atoms with Gasteiger partial charge in [0.15, 0.2) is 5.78 Å². The van der Waals surface area contributed by atoms with Crippen molar-refractivity contribution in [3.63, 3.8) is 0 Å². The summed E-state index contributed by atoms with van der Waals surface area (Å²) in [5.41, 5.74) is 0.939. The molecule has 104 valence electrons. The zero-order valence-electron chi connectivity index (χ0n) is 11.0. The van der Waals surface area contributed by atoms with Crippen LogP contribution in [0.1, 0.15) is 17.3 Å². The predicted molar refractivity (Wildman–Crippen MR) is 72.6 cm³/mol. The highest BCUT2D eigenvalue weighted by Gasteiger charge is 2.15. The molecule has 0 aliphatic heterocycles. The number of benzene rings is 1. The summed E-state index contributed by atoms with van der Waals surface area (Å²) in [5.74, 6) is -0.571. The van der Waals surface area contributed by atoms with E-state index in [0.29, 0.717) is 11.3 Å². The zero-order valence-corrected chi connectivity index (χ0v) is 11.8. The van der Waals surface area contributed by atoms with Crippen LogP contribution in [-0.2, 0) is 14.8 Å². The summed E-state index contributed by atoms with van der Waals surface area (Å²) in [6.07, 6.45) is 1.02. The molecule has 0 aliphatic rings. The summed E-state index contributed by atoms with van der Waals surface area (Å²) in [6.45, 7) is 1.15. The fourth-order valence-corrected chi connectivity index (χ4v) is 1.69. The summed E-state index contributed by atoms with van der Waals surface area (Å²) in [7, 11) is -2.07. The van der Waals surface area contributed by atoms with E-state index in [9.17, 15) is 18.0 Å². The molecule has 0 bridgehead atoms. The first-order valence-corrected chi connectivity index (χ1v) is 7.37. The van der Waals surface area contributed by atoms with Crippen LogP contribution in [0.2, 0.25) is 0 Å². The second-order valence-electron chi connectivity index (χ2n) is 4.20. The first-order valence-electron chi connectivity index (χ1n) is 5.52. The SMILES string of the molecule is CC(=O)c1cccc(NC(=O)CN(C)S(C)(=O)=O)c1. The molecule has 19 heavy (non-hydrogen) atoms. The van der Waals surface area contributed by atoms with Crippen molar-refractivity contribution in [3.05, 3.63) is 29.8 Å². The Morgan fingerprint density at radius 1 is 1.32 bits per heavy atom. The molecule has 0 atom stereocenters. The maximum atomic E-state index is 11.6. The Morgan fingerprint density at radius 3 is 2.47 bits per heavy atom. The first kappa shape index (κ1) is 15.3. The molecule has 0 aromatic heterocycles. The van der Waals surface area contributed by atoms with Gasteiger partial charge in [0.25, 0.3) is 0 Å². The van der Waals surface area contributed by atoms with Crippen molar-refractivity contribution in [2.24, 2.45) is 0 Å². The van der Waals surface area contributed by atoms with Crippen LogP contribution in [0.4, 0.5) is 5.69 Å². The second-order valence-corrected chi connectivity index (χ2v) is 6.29. The van der Waals surface area contributed by atoms with Gasteiger partial charge in [0.05, 0.1) is 12.8 Å². The lowest BCUT2D eigenvalue weighted by atomic mass is 10.1. The van der Waals surface area contributed by atoms with Crippen LogP contribution >= 0.6 is 0 Å². The Labute approximate surface area is 112 Å². The van der Waals surface area contributed by atoms with E-state index in [1.54, 1.807) is 24.3 Å². The number of carbonyl (C=O) groups is 2. The smallest absolute Gasteiger partial charge is 0.239 e. The molecule has 1 aromatic carbocycles. The van der Waals surface area contributed by atoms with Crippen LogP contribution in [0, 0.1) is 0 Å². The van der Waals surface area contributed by atoms with Crippen molar-refractivity contribution in [3.8, 4) is 0 Å². The molecule has 0 saturated carbocycles.